The molecule has 0 saturated carbocycles. The van der Waals surface area contributed by atoms with E-state index in [9.17, 15) is 9.59 Å². The Morgan fingerprint density at radius 1 is 1.10 bits per heavy atom. The fraction of sp³-hybridized carbons (Fsp3) is 0.233. The lowest BCUT2D eigenvalue weighted by Crippen LogP contribution is -2.50. The molecule has 4 N–H and O–H groups in total. The molecule has 4 aromatic rings. The van der Waals surface area contributed by atoms with E-state index in [0.717, 1.165) is 33.5 Å². The maximum atomic E-state index is 13.1. The van der Waals surface area contributed by atoms with Crippen LogP contribution < -0.4 is 20.7 Å². The zero-order chi connectivity index (χ0) is 27.6. The molecule has 0 unspecified atom stereocenters. The lowest BCUT2D eigenvalue weighted by Gasteiger charge is -2.27. The molecule has 2 amide bonds. The summed E-state index contributed by atoms with van der Waals surface area (Å²) < 4.78 is 11.4. The van der Waals surface area contributed by atoms with Crippen LogP contribution in [0.1, 0.15) is 24.5 Å². The SMILES string of the molecule is COc1ccc(-c2cc(COc3ccc([C@]4(N)CCN([C@H](C)C(=O)NO)C4=O)cc3)c3ccccc3n2)cc1. The van der Waals surface area contributed by atoms with Crippen molar-refractivity contribution in [2.45, 2.75) is 31.5 Å². The molecular formula is C30H30N4O5. The summed E-state index contributed by atoms with van der Waals surface area (Å²) in [5.41, 5.74) is 11.2. The summed E-state index contributed by atoms with van der Waals surface area (Å²) in [6.45, 7) is 2.18. The van der Waals surface area contributed by atoms with Gasteiger partial charge in [-0.2, -0.15) is 0 Å². The number of hydrogen-bond donors (Lipinski definition) is 3. The second kappa shape index (κ2) is 10.7. The molecule has 0 radical (unpaired) electrons. The number of rotatable bonds is 8. The number of amides is 2. The molecule has 9 nitrogen and oxygen atoms in total. The Morgan fingerprint density at radius 3 is 2.49 bits per heavy atom. The average molecular weight is 527 g/mol. The first kappa shape index (κ1) is 26.1. The number of nitrogens with one attached hydrogen (secondary N) is 1. The molecular weight excluding hydrogens is 496 g/mol. The number of benzene rings is 3. The summed E-state index contributed by atoms with van der Waals surface area (Å²) in [4.78, 5) is 31.1. The lowest BCUT2D eigenvalue weighted by atomic mass is 9.89. The first-order valence-corrected chi connectivity index (χ1v) is 12.6. The fourth-order valence-corrected chi connectivity index (χ4v) is 4.92. The van der Waals surface area contributed by atoms with Gasteiger partial charge in [0.05, 0.1) is 18.3 Å². The average Bonchev–Trinajstić information content (AvgIpc) is 3.29. The molecule has 1 aliphatic heterocycles. The van der Waals surface area contributed by atoms with E-state index in [2.05, 4.69) is 0 Å². The topological polar surface area (TPSA) is 127 Å². The van der Waals surface area contributed by atoms with Crippen molar-refractivity contribution in [1.29, 1.82) is 0 Å². The Bertz CT molecular complexity index is 1510. The van der Waals surface area contributed by atoms with Crippen molar-refractivity contribution >= 4 is 22.7 Å². The smallest absolute Gasteiger partial charge is 0.265 e. The van der Waals surface area contributed by atoms with Crippen molar-refractivity contribution in [2.75, 3.05) is 13.7 Å². The van der Waals surface area contributed by atoms with Gasteiger partial charge >= 0.3 is 0 Å². The number of carbonyl (C=O) groups is 2. The largest absolute Gasteiger partial charge is 0.497 e. The van der Waals surface area contributed by atoms with Gasteiger partial charge < -0.3 is 20.1 Å². The molecule has 9 heteroatoms. The highest BCUT2D eigenvalue weighted by molar-refractivity contribution is 5.94. The number of aromatic nitrogens is 1. The first-order valence-electron chi connectivity index (χ1n) is 12.6. The number of methoxy groups -OCH3 is 1. The second-order valence-corrected chi connectivity index (χ2v) is 9.60. The number of likely N-dealkylation sites (tertiary alicyclic amines) is 1. The summed E-state index contributed by atoms with van der Waals surface area (Å²) in [7, 11) is 1.64. The van der Waals surface area contributed by atoms with Crippen LogP contribution in [0.3, 0.4) is 0 Å². The number of para-hydroxylation sites is 1. The van der Waals surface area contributed by atoms with Gasteiger partial charge in [0.15, 0.2) is 0 Å². The molecule has 1 aliphatic rings. The van der Waals surface area contributed by atoms with E-state index in [-0.39, 0.29) is 5.91 Å². The first-order chi connectivity index (χ1) is 18.8. The third kappa shape index (κ3) is 5.01. The van der Waals surface area contributed by atoms with Crippen LogP contribution in [-0.4, -0.2) is 46.6 Å². The summed E-state index contributed by atoms with van der Waals surface area (Å²) in [5.74, 6) is 0.393. The van der Waals surface area contributed by atoms with E-state index in [1.54, 1.807) is 43.8 Å². The third-order valence-electron chi connectivity index (χ3n) is 7.30. The maximum absolute atomic E-state index is 13.1. The molecule has 1 saturated heterocycles. The van der Waals surface area contributed by atoms with Crippen LogP contribution in [0.5, 0.6) is 11.5 Å². The van der Waals surface area contributed by atoms with Crippen molar-refractivity contribution in [1.82, 2.24) is 15.4 Å². The van der Waals surface area contributed by atoms with E-state index >= 15 is 0 Å². The van der Waals surface area contributed by atoms with E-state index < -0.39 is 17.5 Å². The molecule has 0 bridgehead atoms. The Hall–Kier alpha value is -4.47. The number of nitrogens with two attached hydrogens (primary N) is 1. The van der Waals surface area contributed by atoms with Gasteiger partial charge in [0.1, 0.15) is 29.7 Å². The molecule has 1 fully saturated rings. The van der Waals surface area contributed by atoms with Crippen LogP contribution in [0.4, 0.5) is 0 Å². The van der Waals surface area contributed by atoms with Gasteiger partial charge in [-0.05, 0) is 67.4 Å². The molecule has 5 rings (SSSR count). The van der Waals surface area contributed by atoms with Crippen LogP contribution in [0, 0.1) is 0 Å². The summed E-state index contributed by atoms with van der Waals surface area (Å²) >= 11 is 0. The van der Waals surface area contributed by atoms with Crippen LogP contribution in [0.25, 0.3) is 22.2 Å². The van der Waals surface area contributed by atoms with Crippen molar-refractivity contribution in [3.63, 3.8) is 0 Å². The van der Waals surface area contributed by atoms with Gasteiger partial charge in [-0.3, -0.25) is 14.8 Å². The summed E-state index contributed by atoms with van der Waals surface area (Å²) in [6.07, 6.45) is 0.353. The van der Waals surface area contributed by atoms with Crippen molar-refractivity contribution < 1.29 is 24.3 Å². The van der Waals surface area contributed by atoms with Crippen molar-refractivity contribution in [3.05, 3.63) is 90.0 Å². The molecule has 200 valence electrons. The van der Waals surface area contributed by atoms with Crippen LogP contribution >= 0.6 is 0 Å². The maximum Gasteiger partial charge on any atom is 0.265 e. The zero-order valence-electron chi connectivity index (χ0n) is 21.8. The van der Waals surface area contributed by atoms with Crippen LogP contribution in [0.15, 0.2) is 78.9 Å². The lowest BCUT2D eigenvalue weighted by molar-refractivity contribution is -0.143. The normalized spacial score (nSPS) is 17.7. The Balaban J connectivity index is 1.34. The van der Waals surface area contributed by atoms with E-state index in [0.29, 0.717) is 30.9 Å². The minimum atomic E-state index is -1.25. The molecule has 39 heavy (non-hydrogen) atoms. The van der Waals surface area contributed by atoms with Gasteiger partial charge in [0.2, 0.25) is 5.91 Å². The summed E-state index contributed by atoms with van der Waals surface area (Å²) in [6, 6.07) is 24.0. The highest BCUT2D eigenvalue weighted by Gasteiger charge is 2.47. The van der Waals surface area contributed by atoms with E-state index in [1.165, 1.54) is 4.90 Å². The van der Waals surface area contributed by atoms with Crippen LogP contribution in [0.2, 0.25) is 0 Å². The zero-order valence-corrected chi connectivity index (χ0v) is 21.8. The highest BCUT2D eigenvalue weighted by Crippen LogP contribution is 2.33. The Labute approximate surface area is 226 Å². The number of ether oxygens (including phenoxy) is 2. The van der Waals surface area contributed by atoms with Gasteiger partial charge in [-0.15, -0.1) is 0 Å². The molecule has 1 aromatic heterocycles. The van der Waals surface area contributed by atoms with E-state index in [4.69, 9.17) is 25.4 Å². The number of nitrogens with zero attached hydrogens (tertiary/aromatic N) is 2. The predicted molar refractivity (Wildman–Crippen MR) is 146 cm³/mol. The van der Waals surface area contributed by atoms with Gasteiger partial charge in [0, 0.05) is 23.1 Å². The van der Waals surface area contributed by atoms with Crippen molar-refractivity contribution in [2.24, 2.45) is 5.73 Å². The monoisotopic (exact) mass is 526 g/mol. The number of hydroxylamine groups is 1. The molecule has 0 aliphatic carbocycles. The molecule has 0 spiro atoms. The molecule has 2 atom stereocenters. The predicted octanol–water partition coefficient (Wildman–Crippen LogP) is 3.77. The van der Waals surface area contributed by atoms with E-state index in [1.807, 2.05) is 54.6 Å². The van der Waals surface area contributed by atoms with Gasteiger partial charge in [-0.25, -0.2) is 10.5 Å². The highest BCUT2D eigenvalue weighted by atomic mass is 16.5. The number of pyridine rings is 1. The van der Waals surface area contributed by atoms with Gasteiger partial charge in [0.25, 0.3) is 5.91 Å². The molecule has 3 aromatic carbocycles. The quantitative estimate of drug-likeness (QED) is 0.236. The number of fused-ring (bicyclic) bond motifs is 1. The molecule has 2 heterocycles. The fourth-order valence-electron chi connectivity index (χ4n) is 4.92. The Kier molecular flexibility index (Phi) is 7.19. The second-order valence-electron chi connectivity index (χ2n) is 9.60. The minimum absolute atomic E-state index is 0.313. The summed E-state index contributed by atoms with van der Waals surface area (Å²) in [5, 5.41) is 9.93. The minimum Gasteiger partial charge on any atom is -0.497 e. The van der Waals surface area contributed by atoms with Crippen LogP contribution in [-0.2, 0) is 21.7 Å². The Morgan fingerprint density at radius 2 is 1.79 bits per heavy atom. The van der Waals surface area contributed by atoms with Gasteiger partial charge in [-0.1, -0.05) is 30.3 Å². The standard InChI is InChI=1S/C30H30N4O5/c1-19(28(35)33-37)34-16-15-30(31,29(34)36)22-9-13-24(14-10-22)39-18-21-17-27(20-7-11-23(38-2)12-8-20)32-26-6-4-3-5-25(21)26/h3-14,17,19,37H,15-16,18,31H2,1-2H3,(H,33,35)/t19-,30-/m1/s1. The third-order valence-corrected chi connectivity index (χ3v) is 7.30. The van der Waals surface area contributed by atoms with Crippen molar-refractivity contribution in [3.8, 4) is 22.8 Å². The number of hydrogen-bond acceptors (Lipinski definition) is 7. The number of carbonyl (C=O) groups excluding carboxylic acids is 2.